The van der Waals surface area contributed by atoms with E-state index in [0.29, 0.717) is 11.8 Å². The van der Waals surface area contributed by atoms with Crippen molar-refractivity contribution in [2.45, 2.75) is 13.3 Å². The summed E-state index contributed by atoms with van der Waals surface area (Å²) < 4.78 is 13.1. The molecule has 1 aromatic carbocycles. The molecule has 0 bridgehead atoms. The molecule has 0 aliphatic carbocycles. The largest absolute Gasteiger partial charge is 0.371 e. The summed E-state index contributed by atoms with van der Waals surface area (Å²) in [5.41, 5.74) is 2.30. The van der Waals surface area contributed by atoms with E-state index in [0.717, 1.165) is 25.2 Å². The van der Waals surface area contributed by atoms with Gasteiger partial charge in [0.15, 0.2) is 0 Å². The number of alkyl halides is 1. The lowest BCUT2D eigenvalue weighted by Crippen LogP contribution is -2.27. The van der Waals surface area contributed by atoms with E-state index < -0.39 is 0 Å². The van der Waals surface area contributed by atoms with E-state index in [2.05, 4.69) is 11.8 Å². The van der Waals surface area contributed by atoms with Crippen molar-refractivity contribution in [2.75, 3.05) is 23.9 Å². The zero-order chi connectivity index (χ0) is 10.8. The van der Waals surface area contributed by atoms with Gasteiger partial charge in [0, 0.05) is 24.7 Å². The molecule has 1 aliphatic rings. The first kappa shape index (κ1) is 10.7. The Morgan fingerprint density at radius 1 is 1.53 bits per heavy atom. The Balaban J connectivity index is 2.16. The number of anilines is 1. The SMILES string of the molecule is CC(CCl)CN1CCc2ccc(F)cc21. The highest BCUT2D eigenvalue weighted by Crippen LogP contribution is 2.29. The van der Waals surface area contributed by atoms with Crippen LogP contribution in [-0.4, -0.2) is 19.0 Å². The maximum atomic E-state index is 13.1. The average Bonchev–Trinajstić information content (AvgIpc) is 2.61. The van der Waals surface area contributed by atoms with E-state index in [4.69, 9.17) is 11.6 Å². The predicted molar refractivity (Wildman–Crippen MR) is 62.2 cm³/mol. The Morgan fingerprint density at radius 3 is 3.07 bits per heavy atom. The van der Waals surface area contributed by atoms with Crippen LogP contribution in [0.2, 0.25) is 0 Å². The minimum atomic E-state index is -0.154. The maximum Gasteiger partial charge on any atom is 0.125 e. The van der Waals surface area contributed by atoms with Crippen LogP contribution in [-0.2, 0) is 6.42 Å². The highest BCUT2D eigenvalue weighted by atomic mass is 35.5. The minimum absolute atomic E-state index is 0.154. The molecule has 0 saturated heterocycles. The van der Waals surface area contributed by atoms with Gasteiger partial charge in [0.1, 0.15) is 5.82 Å². The molecule has 82 valence electrons. The van der Waals surface area contributed by atoms with Gasteiger partial charge in [-0.2, -0.15) is 0 Å². The minimum Gasteiger partial charge on any atom is -0.371 e. The summed E-state index contributed by atoms with van der Waals surface area (Å²) in [4.78, 5) is 2.23. The van der Waals surface area contributed by atoms with Gasteiger partial charge in [0.2, 0.25) is 0 Å². The molecular weight excluding hydrogens is 213 g/mol. The first-order chi connectivity index (χ1) is 7.20. The fourth-order valence-electron chi connectivity index (χ4n) is 2.03. The lowest BCUT2D eigenvalue weighted by Gasteiger charge is -2.22. The van der Waals surface area contributed by atoms with E-state index >= 15 is 0 Å². The van der Waals surface area contributed by atoms with Crippen molar-refractivity contribution in [1.29, 1.82) is 0 Å². The van der Waals surface area contributed by atoms with Gasteiger partial charge in [0.25, 0.3) is 0 Å². The van der Waals surface area contributed by atoms with Gasteiger partial charge in [-0.05, 0) is 30.0 Å². The molecule has 0 radical (unpaired) electrons. The third-order valence-electron chi connectivity index (χ3n) is 2.83. The third kappa shape index (κ3) is 2.25. The van der Waals surface area contributed by atoms with Crippen molar-refractivity contribution in [2.24, 2.45) is 5.92 Å². The molecule has 1 atom stereocenters. The third-order valence-corrected chi connectivity index (χ3v) is 3.36. The zero-order valence-corrected chi connectivity index (χ0v) is 9.60. The molecule has 1 nitrogen and oxygen atoms in total. The standard InChI is InChI=1S/C12H15ClFN/c1-9(7-13)8-15-5-4-10-2-3-11(14)6-12(10)15/h2-3,6,9H,4-5,7-8H2,1H3. The van der Waals surface area contributed by atoms with Crippen LogP contribution in [0.15, 0.2) is 18.2 Å². The zero-order valence-electron chi connectivity index (χ0n) is 8.84. The van der Waals surface area contributed by atoms with Crippen LogP contribution in [0.5, 0.6) is 0 Å². The van der Waals surface area contributed by atoms with Gasteiger partial charge >= 0.3 is 0 Å². The van der Waals surface area contributed by atoms with Crippen LogP contribution in [0.4, 0.5) is 10.1 Å². The fraction of sp³-hybridized carbons (Fsp3) is 0.500. The fourth-order valence-corrected chi connectivity index (χ4v) is 2.13. The Bertz CT molecular complexity index is 353. The lowest BCUT2D eigenvalue weighted by molar-refractivity contribution is 0.617. The maximum absolute atomic E-state index is 13.1. The van der Waals surface area contributed by atoms with Crippen LogP contribution < -0.4 is 4.90 Å². The Kier molecular flexibility index (Phi) is 3.15. The summed E-state index contributed by atoms with van der Waals surface area (Å²) in [5.74, 6) is 0.946. The molecule has 3 heteroatoms. The molecule has 1 aromatic rings. The number of rotatable bonds is 3. The van der Waals surface area contributed by atoms with E-state index in [9.17, 15) is 4.39 Å². The van der Waals surface area contributed by atoms with Crippen molar-refractivity contribution in [3.05, 3.63) is 29.6 Å². The van der Waals surface area contributed by atoms with E-state index in [1.165, 1.54) is 11.6 Å². The van der Waals surface area contributed by atoms with Crippen LogP contribution in [0.25, 0.3) is 0 Å². The summed E-state index contributed by atoms with van der Waals surface area (Å²) in [7, 11) is 0. The molecule has 0 aromatic heterocycles. The van der Waals surface area contributed by atoms with Gasteiger partial charge in [-0.1, -0.05) is 13.0 Å². The van der Waals surface area contributed by atoms with Crippen molar-refractivity contribution in [3.8, 4) is 0 Å². The normalized spacial score (nSPS) is 16.6. The number of benzene rings is 1. The first-order valence-corrected chi connectivity index (χ1v) is 5.83. The lowest BCUT2D eigenvalue weighted by atomic mass is 10.1. The van der Waals surface area contributed by atoms with Gasteiger partial charge in [-0.25, -0.2) is 4.39 Å². The highest BCUT2D eigenvalue weighted by molar-refractivity contribution is 6.18. The predicted octanol–water partition coefficient (Wildman–Crippen LogP) is 3.06. The van der Waals surface area contributed by atoms with Gasteiger partial charge < -0.3 is 4.90 Å². The topological polar surface area (TPSA) is 3.24 Å². The number of hydrogen-bond donors (Lipinski definition) is 0. The van der Waals surface area contributed by atoms with Gasteiger partial charge in [-0.3, -0.25) is 0 Å². The Hall–Kier alpha value is -0.760. The van der Waals surface area contributed by atoms with Crippen molar-refractivity contribution in [3.63, 3.8) is 0 Å². The average molecular weight is 228 g/mol. The van der Waals surface area contributed by atoms with Crippen LogP contribution in [0.3, 0.4) is 0 Å². The smallest absolute Gasteiger partial charge is 0.125 e. The first-order valence-electron chi connectivity index (χ1n) is 5.30. The number of hydrogen-bond acceptors (Lipinski definition) is 1. The van der Waals surface area contributed by atoms with Crippen LogP contribution in [0, 0.1) is 11.7 Å². The highest BCUT2D eigenvalue weighted by Gasteiger charge is 2.20. The number of nitrogens with zero attached hydrogens (tertiary/aromatic N) is 1. The molecular formula is C12H15ClFN. The second-order valence-corrected chi connectivity index (χ2v) is 4.54. The summed E-state index contributed by atoms with van der Waals surface area (Å²) in [5, 5.41) is 0. The van der Waals surface area contributed by atoms with Crippen molar-refractivity contribution < 1.29 is 4.39 Å². The molecule has 0 saturated carbocycles. The van der Waals surface area contributed by atoms with Gasteiger partial charge in [0.05, 0.1) is 0 Å². The molecule has 1 unspecified atom stereocenters. The summed E-state index contributed by atoms with van der Waals surface area (Å²) >= 11 is 5.79. The molecule has 2 rings (SSSR count). The van der Waals surface area contributed by atoms with Crippen LogP contribution in [0.1, 0.15) is 12.5 Å². The monoisotopic (exact) mass is 227 g/mol. The van der Waals surface area contributed by atoms with E-state index in [-0.39, 0.29) is 5.82 Å². The van der Waals surface area contributed by atoms with E-state index in [1.807, 2.05) is 6.07 Å². The Labute approximate surface area is 94.8 Å². The molecule has 0 fully saturated rings. The quantitative estimate of drug-likeness (QED) is 0.718. The molecule has 0 spiro atoms. The molecule has 1 heterocycles. The molecule has 0 amide bonds. The summed E-state index contributed by atoms with van der Waals surface area (Å²) in [6.45, 7) is 4.02. The number of fused-ring (bicyclic) bond motifs is 1. The molecule has 15 heavy (non-hydrogen) atoms. The number of halogens is 2. The second-order valence-electron chi connectivity index (χ2n) is 4.23. The Morgan fingerprint density at radius 2 is 2.33 bits per heavy atom. The van der Waals surface area contributed by atoms with Crippen molar-refractivity contribution in [1.82, 2.24) is 0 Å². The second kappa shape index (κ2) is 4.40. The summed E-state index contributed by atoms with van der Waals surface area (Å²) in [6.07, 6.45) is 1.02. The van der Waals surface area contributed by atoms with Crippen molar-refractivity contribution >= 4 is 17.3 Å². The summed E-state index contributed by atoms with van der Waals surface area (Å²) in [6, 6.07) is 5.05. The van der Waals surface area contributed by atoms with E-state index in [1.54, 1.807) is 6.07 Å². The molecule has 0 N–H and O–H groups in total. The van der Waals surface area contributed by atoms with Gasteiger partial charge in [-0.15, -0.1) is 11.6 Å². The van der Waals surface area contributed by atoms with Crippen LogP contribution >= 0.6 is 11.6 Å². The molecule has 1 aliphatic heterocycles.